The van der Waals surface area contributed by atoms with E-state index in [9.17, 15) is 14.7 Å². The summed E-state index contributed by atoms with van der Waals surface area (Å²) in [5, 5.41) is 44.0. The van der Waals surface area contributed by atoms with Gasteiger partial charge in [0.15, 0.2) is 12.2 Å². The fourth-order valence-electron chi connectivity index (χ4n) is 0.843. The first-order chi connectivity index (χ1) is 7.32. The number of aliphatic hydroxyl groups is 3. The maximum absolute atomic E-state index is 10.4. The molecule has 0 aliphatic heterocycles. The van der Waals surface area contributed by atoms with Crippen molar-refractivity contribution in [3.63, 3.8) is 0 Å². The molecule has 0 aromatic heterocycles. The number of aliphatic hydroxyl groups excluding tert-OH is 3. The smallest absolute Gasteiger partial charge is 0.335 e. The summed E-state index contributed by atoms with van der Waals surface area (Å²) in [5.74, 6) is -3.57. The van der Waals surface area contributed by atoms with E-state index in [1.54, 1.807) is 0 Å². The van der Waals surface area contributed by atoms with Crippen molar-refractivity contribution < 1.29 is 41.2 Å². The molecule has 8 nitrogen and oxygen atoms in total. The monoisotopic (exact) mass is 225 g/mol. The van der Waals surface area contributed by atoms with E-state index in [2.05, 4.69) is 4.74 Å². The highest BCUT2D eigenvalue weighted by Crippen LogP contribution is 2.09. The van der Waals surface area contributed by atoms with Crippen molar-refractivity contribution in [2.45, 2.75) is 24.4 Å². The zero-order chi connectivity index (χ0) is 12.9. The van der Waals surface area contributed by atoms with Crippen molar-refractivity contribution in [3.05, 3.63) is 0 Å². The largest absolute Gasteiger partial charge is 0.479 e. The normalized spacial score (nSPS) is 19.8. The number of carboxylic acid groups (broad SMARTS) is 2. The van der Waals surface area contributed by atoms with Crippen LogP contribution in [0.4, 0.5) is 0 Å². The molecule has 4 atom stereocenters. The summed E-state index contributed by atoms with van der Waals surface area (Å²) in [6.45, 7) is 0. The van der Waals surface area contributed by atoms with Crippen LogP contribution in [0.15, 0.2) is 0 Å². The number of aliphatic carboxylic acids is 2. The van der Waals surface area contributed by atoms with Crippen LogP contribution in [0.3, 0.4) is 0 Å². The maximum Gasteiger partial charge on any atom is 0.335 e. The fourth-order valence-corrected chi connectivity index (χ4v) is 0.843. The van der Waals surface area contributed by atoms with Crippen LogP contribution in [0, 0.1) is 0 Å². The average molecular weight is 225 g/mol. The average Bonchev–Trinajstić information content (AvgIpc) is 2.22. The standard InChI is InChI=1S/C7H12O8/c1-15-5(4(10)7(13)14)2(8)3(9)6(11)12/h2-5,8-10H,1H3,(H,11,12)(H,13,14)/t2-,3-,4+,5+/m1/s1/i1D. The van der Waals surface area contributed by atoms with Gasteiger partial charge in [0, 0.05) is 7.09 Å². The Morgan fingerprint density at radius 2 is 1.60 bits per heavy atom. The number of hydrogen-bond donors (Lipinski definition) is 5. The van der Waals surface area contributed by atoms with Gasteiger partial charge in [0.2, 0.25) is 0 Å². The number of hydrogen-bond acceptors (Lipinski definition) is 6. The van der Waals surface area contributed by atoms with Crippen LogP contribution in [0.25, 0.3) is 0 Å². The lowest BCUT2D eigenvalue weighted by molar-refractivity contribution is -0.176. The van der Waals surface area contributed by atoms with Crippen molar-refractivity contribution >= 4 is 11.9 Å². The lowest BCUT2D eigenvalue weighted by Crippen LogP contribution is -2.50. The molecule has 0 amide bonds. The predicted molar refractivity (Wildman–Crippen MR) is 44.1 cm³/mol. The van der Waals surface area contributed by atoms with Crippen LogP contribution < -0.4 is 0 Å². The SMILES string of the molecule is [2H]CO[C@@H]([C@H](O)[C@@H](O)C(=O)O)[C@H](O)C(=O)O. The summed E-state index contributed by atoms with van der Waals surface area (Å²) in [7, 11) is -0.807. The summed E-state index contributed by atoms with van der Waals surface area (Å²) in [4.78, 5) is 20.7. The van der Waals surface area contributed by atoms with Crippen molar-refractivity contribution in [1.82, 2.24) is 0 Å². The van der Waals surface area contributed by atoms with E-state index in [-0.39, 0.29) is 0 Å². The molecule has 5 N–H and O–H groups in total. The van der Waals surface area contributed by atoms with Crippen molar-refractivity contribution in [1.29, 1.82) is 0 Å². The molecular weight excluding hydrogens is 212 g/mol. The van der Waals surface area contributed by atoms with E-state index in [1.807, 2.05) is 0 Å². The van der Waals surface area contributed by atoms with Crippen LogP contribution in [-0.2, 0) is 14.3 Å². The first-order valence-electron chi connectivity index (χ1n) is 4.44. The molecule has 0 spiro atoms. The van der Waals surface area contributed by atoms with E-state index in [1.165, 1.54) is 0 Å². The second kappa shape index (κ2) is 5.61. The zero-order valence-electron chi connectivity index (χ0n) is 8.48. The highest BCUT2D eigenvalue weighted by Gasteiger charge is 2.38. The van der Waals surface area contributed by atoms with Crippen LogP contribution in [0.5, 0.6) is 0 Å². The van der Waals surface area contributed by atoms with Crippen LogP contribution >= 0.6 is 0 Å². The summed E-state index contributed by atoms with van der Waals surface area (Å²) in [6, 6.07) is 0. The third kappa shape index (κ3) is 3.44. The van der Waals surface area contributed by atoms with Gasteiger partial charge in [-0.3, -0.25) is 0 Å². The molecule has 0 heterocycles. The van der Waals surface area contributed by atoms with Gasteiger partial charge >= 0.3 is 11.9 Å². The Balaban J connectivity index is 4.76. The number of carboxylic acids is 2. The topological polar surface area (TPSA) is 145 Å². The van der Waals surface area contributed by atoms with Crippen LogP contribution in [-0.4, -0.2) is 69.0 Å². The number of rotatable bonds is 6. The van der Waals surface area contributed by atoms with Gasteiger partial charge in [0.25, 0.3) is 0 Å². The van der Waals surface area contributed by atoms with Crippen molar-refractivity contribution in [2.24, 2.45) is 0 Å². The number of methoxy groups -OCH3 is 1. The summed E-state index contributed by atoms with van der Waals surface area (Å²) >= 11 is 0. The summed E-state index contributed by atoms with van der Waals surface area (Å²) in [5.41, 5.74) is 0. The molecule has 88 valence electrons. The summed E-state index contributed by atoms with van der Waals surface area (Å²) < 4.78 is 11.0. The Hall–Kier alpha value is -1.22. The Kier molecular flexibility index (Phi) is 4.43. The van der Waals surface area contributed by atoms with E-state index in [0.717, 1.165) is 0 Å². The number of carbonyl (C=O) groups is 2. The van der Waals surface area contributed by atoms with Gasteiger partial charge in [-0.1, -0.05) is 0 Å². The van der Waals surface area contributed by atoms with Gasteiger partial charge < -0.3 is 30.3 Å². The summed E-state index contributed by atoms with van der Waals surface area (Å²) in [6.07, 6.45) is -8.62. The first-order valence-corrected chi connectivity index (χ1v) is 3.73. The number of ether oxygens (including phenoxy) is 1. The molecule has 0 bridgehead atoms. The molecule has 0 fully saturated rings. The molecule has 0 aliphatic carbocycles. The predicted octanol–water partition coefficient (Wildman–Crippen LogP) is -2.75. The molecule has 0 radical (unpaired) electrons. The molecule has 0 rings (SSSR count). The van der Waals surface area contributed by atoms with Crippen molar-refractivity contribution in [2.75, 3.05) is 7.09 Å². The second-order valence-corrected chi connectivity index (χ2v) is 2.69. The third-order valence-corrected chi connectivity index (χ3v) is 1.67. The zero-order valence-corrected chi connectivity index (χ0v) is 7.48. The van der Waals surface area contributed by atoms with Gasteiger partial charge in [-0.25, -0.2) is 9.59 Å². The van der Waals surface area contributed by atoms with Gasteiger partial charge in [-0.05, 0) is 0 Å². The van der Waals surface area contributed by atoms with Crippen LogP contribution in [0.1, 0.15) is 1.37 Å². The van der Waals surface area contributed by atoms with Gasteiger partial charge in [-0.15, -0.1) is 0 Å². The molecule has 0 aliphatic rings. The lowest BCUT2D eigenvalue weighted by atomic mass is 10.0. The van der Waals surface area contributed by atoms with E-state index in [4.69, 9.17) is 21.8 Å². The molecule has 0 saturated carbocycles. The molecule has 0 unspecified atom stereocenters. The highest BCUT2D eigenvalue weighted by atomic mass is 16.5. The molecule has 0 aromatic carbocycles. The Morgan fingerprint density at radius 3 is 1.93 bits per heavy atom. The molecular formula is C7H12O8. The first kappa shape index (κ1) is 11.9. The fraction of sp³-hybridized carbons (Fsp3) is 0.714. The van der Waals surface area contributed by atoms with Gasteiger partial charge in [0.05, 0.1) is 1.37 Å². The Bertz CT molecular complexity index is 257. The van der Waals surface area contributed by atoms with Gasteiger partial charge in [0.1, 0.15) is 12.2 Å². The van der Waals surface area contributed by atoms with Crippen LogP contribution in [0.2, 0.25) is 0 Å². The molecule has 8 heteroatoms. The van der Waals surface area contributed by atoms with Crippen molar-refractivity contribution in [3.8, 4) is 0 Å². The Labute approximate surface area is 85.7 Å². The Morgan fingerprint density at radius 1 is 1.13 bits per heavy atom. The molecule has 15 heavy (non-hydrogen) atoms. The van der Waals surface area contributed by atoms with E-state index >= 15 is 0 Å². The third-order valence-electron chi connectivity index (χ3n) is 1.67. The van der Waals surface area contributed by atoms with E-state index in [0.29, 0.717) is 0 Å². The van der Waals surface area contributed by atoms with E-state index < -0.39 is 43.4 Å². The lowest BCUT2D eigenvalue weighted by Gasteiger charge is -2.25. The minimum atomic E-state index is -2.31. The minimum absolute atomic E-state index is 0.807. The minimum Gasteiger partial charge on any atom is -0.479 e. The second-order valence-electron chi connectivity index (χ2n) is 2.69. The van der Waals surface area contributed by atoms with Gasteiger partial charge in [-0.2, -0.15) is 0 Å². The molecule has 0 saturated heterocycles. The molecule has 0 aromatic rings. The maximum atomic E-state index is 10.4. The quantitative estimate of drug-likeness (QED) is 0.327. The highest BCUT2D eigenvalue weighted by molar-refractivity contribution is 5.75.